The zero-order chi connectivity index (χ0) is 21.8. The maximum Gasteiger partial charge on any atom is 0.296 e. The Balaban J connectivity index is 2.50. The zero-order valence-corrected chi connectivity index (χ0v) is 18.2. The SMILES string of the molecule is CN(C)c1nc(CC(C)(C)C)nc(Nc2cc(SOOO)ccc2S(=O)(=O)O)n1. The van der Waals surface area contributed by atoms with E-state index in [9.17, 15) is 13.0 Å². The number of benzene rings is 1. The van der Waals surface area contributed by atoms with Crippen LogP contribution < -0.4 is 10.2 Å². The van der Waals surface area contributed by atoms with Gasteiger partial charge in [-0.05, 0) is 23.6 Å². The summed E-state index contributed by atoms with van der Waals surface area (Å²) in [5.41, 5.74) is -0.0725. The third kappa shape index (κ3) is 7.06. The van der Waals surface area contributed by atoms with E-state index in [1.807, 2.05) is 20.8 Å². The average Bonchev–Trinajstić information content (AvgIpc) is 2.57. The number of nitrogens with zero attached hydrogens (tertiary/aromatic N) is 4. The predicted octanol–water partition coefficient (Wildman–Crippen LogP) is 2.94. The van der Waals surface area contributed by atoms with E-state index in [4.69, 9.17) is 5.26 Å². The van der Waals surface area contributed by atoms with Crippen LogP contribution in [-0.2, 0) is 25.9 Å². The normalized spacial score (nSPS) is 12.1. The molecular weight excluding hydrogens is 422 g/mol. The van der Waals surface area contributed by atoms with Crippen molar-refractivity contribution in [2.75, 3.05) is 24.3 Å². The molecule has 0 aliphatic carbocycles. The number of hydrogen-bond donors (Lipinski definition) is 3. The summed E-state index contributed by atoms with van der Waals surface area (Å²) in [5.74, 6) is 1.02. The highest BCUT2D eigenvalue weighted by Crippen LogP contribution is 2.30. The predicted molar refractivity (Wildman–Crippen MR) is 108 cm³/mol. The van der Waals surface area contributed by atoms with Gasteiger partial charge in [0.2, 0.25) is 11.9 Å². The van der Waals surface area contributed by atoms with Crippen molar-refractivity contribution in [2.45, 2.75) is 37.0 Å². The Hall–Kier alpha value is -2.03. The van der Waals surface area contributed by atoms with Gasteiger partial charge < -0.3 is 10.2 Å². The first-order valence-electron chi connectivity index (χ1n) is 8.34. The van der Waals surface area contributed by atoms with Crippen molar-refractivity contribution in [3.63, 3.8) is 0 Å². The fourth-order valence-corrected chi connectivity index (χ4v) is 3.30. The van der Waals surface area contributed by atoms with E-state index in [0.717, 1.165) is 0 Å². The van der Waals surface area contributed by atoms with Gasteiger partial charge in [-0.1, -0.05) is 25.8 Å². The molecule has 0 saturated heterocycles. The molecule has 0 aliphatic rings. The minimum atomic E-state index is -4.53. The summed E-state index contributed by atoms with van der Waals surface area (Å²) in [6.45, 7) is 6.12. The number of nitrogens with one attached hydrogen (secondary N) is 1. The van der Waals surface area contributed by atoms with E-state index < -0.39 is 10.1 Å². The molecule has 0 atom stereocenters. The quantitative estimate of drug-likeness (QED) is 0.237. The highest BCUT2D eigenvalue weighted by atomic mass is 32.2. The van der Waals surface area contributed by atoms with E-state index >= 15 is 0 Å². The van der Waals surface area contributed by atoms with Crippen LogP contribution in [0.1, 0.15) is 26.6 Å². The third-order valence-electron chi connectivity index (χ3n) is 3.39. The summed E-state index contributed by atoms with van der Waals surface area (Å²) in [6.07, 6.45) is 0.563. The number of rotatable bonds is 8. The Labute approximate surface area is 173 Å². The number of aromatic nitrogens is 3. The van der Waals surface area contributed by atoms with Crippen LogP contribution in [0.2, 0.25) is 0 Å². The van der Waals surface area contributed by atoms with E-state index in [1.54, 1.807) is 19.0 Å². The summed E-state index contributed by atoms with van der Waals surface area (Å²) >= 11 is 0.633. The molecule has 1 heterocycles. The van der Waals surface area contributed by atoms with Crippen molar-refractivity contribution >= 4 is 39.7 Å². The van der Waals surface area contributed by atoms with Gasteiger partial charge in [0.05, 0.1) is 17.7 Å². The van der Waals surface area contributed by atoms with E-state index in [2.05, 4.69) is 29.6 Å². The molecule has 0 saturated carbocycles. The molecule has 1 aromatic carbocycles. The molecule has 0 bridgehead atoms. The monoisotopic (exact) mass is 445 g/mol. The smallest absolute Gasteiger partial charge is 0.296 e. The van der Waals surface area contributed by atoms with Crippen LogP contribution in [0.25, 0.3) is 0 Å². The number of anilines is 3. The second-order valence-corrected chi connectivity index (χ2v) is 9.66. The Morgan fingerprint density at radius 2 is 1.90 bits per heavy atom. The topological polar surface area (TPSA) is 147 Å². The Bertz CT molecular complexity index is 963. The maximum atomic E-state index is 11.8. The molecule has 3 N–H and O–H groups in total. The van der Waals surface area contributed by atoms with Crippen molar-refractivity contribution < 1.29 is 27.6 Å². The van der Waals surface area contributed by atoms with Crippen LogP contribution in [0.4, 0.5) is 17.6 Å². The van der Waals surface area contributed by atoms with Crippen LogP contribution >= 0.6 is 12.0 Å². The van der Waals surface area contributed by atoms with Gasteiger partial charge in [0.25, 0.3) is 10.1 Å². The van der Waals surface area contributed by atoms with E-state index in [1.165, 1.54) is 18.2 Å². The van der Waals surface area contributed by atoms with Crippen LogP contribution in [0.15, 0.2) is 28.0 Å². The first kappa shape index (κ1) is 23.3. The lowest BCUT2D eigenvalue weighted by Gasteiger charge is -2.19. The van der Waals surface area contributed by atoms with Gasteiger partial charge in [-0.15, -0.1) is 4.33 Å². The van der Waals surface area contributed by atoms with E-state index in [-0.39, 0.29) is 21.9 Å². The van der Waals surface area contributed by atoms with Crippen molar-refractivity contribution in [1.29, 1.82) is 0 Å². The molecule has 0 amide bonds. The minimum absolute atomic E-state index is 0.0108. The van der Waals surface area contributed by atoms with Crippen LogP contribution in [0.3, 0.4) is 0 Å². The Morgan fingerprint density at radius 3 is 2.45 bits per heavy atom. The maximum absolute atomic E-state index is 11.8. The molecular formula is C16H23N5O6S2. The molecule has 2 aromatic rings. The van der Waals surface area contributed by atoms with Crippen LogP contribution in [0.5, 0.6) is 0 Å². The first-order chi connectivity index (χ1) is 13.4. The molecule has 13 heteroatoms. The fraction of sp³-hybridized carbons (Fsp3) is 0.438. The molecule has 2 rings (SSSR count). The standard InChI is InChI=1S/C16H23N5O6S2/c1-16(2,3)9-13-18-14(20-15(19-13)21(4)5)17-11-8-10(28-27-26-22)6-7-12(11)29(23,24)25/h6-8,22H,9H2,1-5H3,(H,23,24,25)(H,17,18,19,20). The highest BCUT2D eigenvalue weighted by molar-refractivity contribution is 7.94. The summed E-state index contributed by atoms with van der Waals surface area (Å²) in [5, 5.41) is 14.7. The van der Waals surface area contributed by atoms with Crippen molar-refractivity contribution in [1.82, 2.24) is 15.0 Å². The summed E-state index contributed by atoms with van der Waals surface area (Å²) < 4.78 is 37.4. The molecule has 0 unspecified atom stereocenters. The van der Waals surface area contributed by atoms with Gasteiger partial charge in [-0.3, -0.25) is 4.55 Å². The molecule has 1 aromatic heterocycles. The second kappa shape index (κ2) is 9.19. The first-order valence-corrected chi connectivity index (χ1v) is 10.5. The molecule has 0 aliphatic heterocycles. The lowest BCUT2D eigenvalue weighted by Crippen LogP contribution is -2.19. The minimum Gasteiger partial charge on any atom is -0.347 e. The summed E-state index contributed by atoms with van der Waals surface area (Å²) in [6, 6.07) is 3.90. The Kier molecular flexibility index (Phi) is 7.37. The lowest BCUT2D eigenvalue weighted by atomic mass is 9.92. The summed E-state index contributed by atoms with van der Waals surface area (Å²) in [4.78, 5) is 14.8. The van der Waals surface area contributed by atoms with Crippen LogP contribution in [0, 0.1) is 5.41 Å². The fourth-order valence-electron chi connectivity index (χ4n) is 2.28. The van der Waals surface area contributed by atoms with Gasteiger partial charge in [0.1, 0.15) is 10.7 Å². The van der Waals surface area contributed by atoms with Crippen molar-refractivity contribution in [3.8, 4) is 0 Å². The zero-order valence-electron chi connectivity index (χ0n) is 16.6. The summed E-state index contributed by atoms with van der Waals surface area (Å²) in [7, 11) is -0.989. The largest absolute Gasteiger partial charge is 0.347 e. The molecule has 0 spiro atoms. The van der Waals surface area contributed by atoms with Gasteiger partial charge in [-0.2, -0.15) is 23.4 Å². The van der Waals surface area contributed by atoms with Gasteiger partial charge in [-0.25, -0.2) is 5.26 Å². The second-order valence-electron chi connectivity index (χ2n) is 7.49. The molecule has 29 heavy (non-hydrogen) atoms. The average molecular weight is 446 g/mol. The highest BCUT2D eigenvalue weighted by Gasteiger charge is 2.20. The van der Waals surface area contributed by atoms with Crippen LogP contribution in [-0.4, -0.2) is 47.3 Å². The third-order valence-corrected chi connectivity index (χ3v) is 4.88. The Morgan fingerprint density at radius 1 is 1.21 bits per heavy atom. The van der Waals surface area contributed by atoms with Crippen molar-refractivity contribution in [3.05, 3.63) is 24.0 Å². The van der Waals surface area contributed by atoms with Crippen molar-refractivity contribution in [2.24, 2.45) is 5.41 Å². The number of hydrogen-bond acceptors (Lipinski definition) is 11. The van der Waals surface area contributed by atoms with Gasteiger partial charge in [0, 0.05) is 25.4 Å². The molecule has 160 valence electrons. The molecule has 0 fully saturated rings. The van der Waals surface area contributed by atoms with E-state index in [0.29, 0.717) is 35.1 Å². The van der Waals surface area contributed by atoms with Gasteiger partial charge >= 0.3 is 0 Å². The lowest BCUT2D eigenvalue weighted by molar-refractivity contribution is -0.432. The molecule has 0 radical (unpaired) electrons. The van der Waals surface area contributed by atoms with Gasteiger partial charge in [0.15, 0.2) is 0 Å². The molecule has 11 nitrogen and oxygen atoms in total.